The molecule has 182 valence electrons. The van der Waals surface area contributed by atoms with Gasteiger partial charge < -0.3 is 5.73 Å². The van der Waals surface area contributed by atoms with E-state index in [4.69, 9.17) is 5.73 Å². The molecule has 0 heterocycles. The van der Waals surface area contributed by atoms with Crippen LogP contribution in [0.2, 0.25) is 0 Å². The molecule has 0 bridgehead atoms. The minimum Gasteiger partial charge on any atom is -0.404 e. The molecule has 0 aliphatic rings. The Hall–Kier alpha value is -4.62. The first kappa shape index (κ1) is 25.5. The summed E-state index contributed by atoms with van der Waals surface area (Å²) < 4.78 is 0. The van der Waals surface area contributed by atoms with Crippen LogP contribution >= 0.6 is 0 Å². The van der Waals surface area contributed by atoms with Crippen LogP contribution < -0.4 is 5.73 Å². The molecule has 0 aliphatic heterocycles. The molecule has 4 aromatic rings. The molecule has 0 saturated carbocycles. The third kappa shape index (κ3) is 4.64. The zero-order valence-electron chi connectivity index (χ0n) is 21.7. The van der Waals surface area contributed by atoms with Crippen molar-refractivity contribution in [2.75, 3.05) is 0 Å². The Labute approximate surface area is 221 Å². The summed E-state index contributed by atoms with van der Waals surface area (Å²) in [6, 6.07) is 23.4. The molecule has 2 N–H and O–H groups in total. The van der Waals surface area contributed by atoms with Crippen molar-refractivity contribution in [3.05, 3.63) is 139 Å². The maximum absolute atomic E-state index is 5.93. The largest absolute Gasteiger partial charge is 0.404 e. The highest BCUT2D eigenvalue weighted by Crippen LogP contribution is 2.44. The summed E-state index contributed by atoms with van der Waals surface area (Å²) in [5, 5.41) is 2.31. The van der Waals surface area contributed by atoms with Gasteiger partial charge in [0.15, 0.2) is 0 Å². The maximum atomic E-state index is 5.93. The fourth-order valence-corrected chi connectivity index (χ4v) is 5.08. The zero-order valence-corrected chi connectivity index (χ0v) is 21.7. The molecule has 0 saturated heterocycles. The van der Waals surface area contributed by atoms with Crippen molar-refractivity contribution in [2.45, 2.75) is 13.8 Å². The first-order valence-electron chi connectivity index (χ1n) is 12.4. The molecule has 0 unspecified atom stereocenters. The van der Waals surface area contributed by atoms with Crippen LogP contribution in [-0.4, -0.2) is 0 Å². The lowest BCUT2D eigenvalue weighted by Gasteiger charge is -2.22. The van der Waals surface area contributed by atoms with Gasteiger partial charge in [-0.2, -0.15) is 0 Å². The van der Waals surface area contributed by atoms with Crippen LogP contribution in [0, 0.1) is 0 Å². The highest BCUT2D eigenvalue weighted by Gasteiger charge is 2.20. The van der Waals surface area contributed by atoms with E-state index in [-0.39, 0.29) is 0 Å². The van der Waals surface area contributed by atoms with Gasteiger partial charge in [-0.25, -0.2) is 0 Å². The second kappa shape index (κ2) is 11.0. The molecular formula is C36H33N. The molecule has 0 atom stereocenters. The molecule has 0 aliphatic carbocycles. The van der Waals surface area contributed by atoms with Gasteiger partial charge >= 0.3 is 0 Å². The standard InChI is InChI=1S/C36H33N/c1-7-25-14-13-17-32(29(25)8-2)36-31(10-4)30(9-3)35(33-15-11-12-16-34(33)36)27-20-18-26(19-21-27)28(23-37)22-24(5)6/h7-23H,1-4,37H2,5-6H3/b28-23+. The summed E-state index contributed by atoms with van der Waals surface area (Å²) in [5.74, 6) is 0. The maximum Gasteiger partial charge on any atom is 0.00175 e. The fraction of sp³-hybridized carbons (Fsp3) is 0.0556. The Morgan fingerprint density at radius 2 is 1.24 bits per heavy atom. The van der Waals surface area contributed by atoms with Crippen molar-refractivity contribution in [1.29, 1.82) is 0 Å². The van der Waals surface area contributed by atoms with E-state index < -0.39 is 0 Å². The van der Waals surface area contributed by atoms with Gasteiger partial charge in [-0.3, -0.25) is 0 Å². The molecule has 0 radical (unpaired) electrons. The smallest absolute Gasteiger partial charge is 0.00175 e. The minimum atomic E-state index is 1.00. The van der Waals surface area contributed by atoms with Gasteiger partial charge in [0, 0.05) is 6.20 Å². The monoisotopic (exact) mass is 479 g/mol. The molecule has 1 nitrogen and oxygen atoms in total. The highest BCUT2D eigenvalue weighted by molar-refractivity contribution is 6.12. The zero-order chi connectivity index (χ0) is 26.5. The normalized spacial score (nSPS) is 11.1. The average molecular weight is 480 g/mol. The van der Waals surface area contributed by atoms with E-state index in [0.717, 1.165) is 66.4 Å². The topological polar surface area (TPSA) is 26.0 Å². The Bertz CT molecular complexity index is 1590. The molecular weight excluding hydrogens is 446 g/mol. The van der Waals surface area contributed by atoms with Crippen LogP contribution in [0.15, 0.2) is 111 Å². The molecule has 1 heteroatoms. The number of hydrogen-bond donors (Lipinski definition) is 1. The van der Waals surface area contributed by atoms with Crippen molar-refractivity contribution in [1.82, 2.24) is 0 Å². The summed E-state index contributed by atoms with van der Waals surface area (Å²) >= 11 is 0. The van der Waals surface area contributed by atoms with Crippen molar-refractivity contribution in [3.63, 3.8) is 0 Å². The summed E-state index contributed by atoms with van der Waals surface area (Å²) in [7, 11) is 0. The Kier molecular flexibility index (Phi) is 7.55. The fourth-order valence-electron chi connectivity index (χ4n) is 5.08. The van der Waals surface area contributed by atoms with Crippen LogP contribution in [0.1, 0.15) is 41.7 Å². The highest BCUT2D eigenvalue weighted by atomic mass is 14.5. The van der Waals surface area contributed by atoms with E-state index in [9.17, 15) is 0 Å². The predicted octanol–water partition coefficient (Wildman–Crippen LogP) is 10.0. The molecule has 4 rings (SSSR count). The van der Waals surface area contributed by atoms with E-state index in [1.54, 1.807) is 6.20 Å². The third-order valence-electron chi connectivity index (χ3n) is 6.67. The lowest BCUT2D eigenvalue weighted by atomic mass is 9.81. The minimum absolute atomic E-state index is 1.00. The number of fused-ring (bicyclic) bond motifs is 1. The van der Waals surface area contributed by atoms with Gasteiger partial charge in [-0.15, -0.1) is 0 Å². The molecule has 0 amide bonds. The summed E-state index contributed by atoms with van der Waals surface area (Å²) in [6.07, 6.45) is 11.4. The van der Waals surface area contributed by atoms with Gasteiger partial charge in [-0.1, -0.05) is 129 Å². The average Bonchev–Trinajstić information content (AvgIpc) is 2.93. The third-order valence-corrected chi connectivity index (χ3v) is 6.67. The second-order valence-corrected chi connectivity index (χ2v) is 9.17. The molecule has 37 heavy (non-hydrogen) atoms. The predicted molar refractivity (Wildman–Crippen MR) is 167 cm³/mol. The van der Waals surface area contributed by atoms with Gasteiger partial charge in [0.1, 0.15) is 0 Å². The molecule has 4 aromatic carbocycles. The van der Waals surface area contributed by atoms with Crippen LogP contribution in [0.25, 0.3) is 62.9 Å². The summed E-state index contributed by atoms with van der Waals surface area (Å²) in [6.45, 7) is 20.7. The van der Waals surface area contributed by atoms with Gasteiger partial charge in [-0.05, 0) is 80.3 Å². The van der Waals surface area contributed by atoms with E-state index in [1.807, 2.05) is 24.3 Å². The van der Waals surface area contributed by atoms with Crippen LogP contribution in [0.3, 0.4) is 0 Å². The Morgan fingerprint density at radius 3 is 1.78 bits per heavy atom. The number of nitrogens with two attached hydrogens (primary N) is 1. The van der Waals surface area contributed by atoms with Crippen LogP contribution in [0.4, 0.5) is 0 Å². The van der Waals surface area contributed by atoms with Crippen LogP contribution in [-0.2, 0) is 0 Å². The summed E-state index contributed by atoms with van der Waals surface area (Å²) in [4.78, 5) is 0. The van der Waals surface area contributed by atoms with Crippen molar-refractivity contribution < 1.29 is 0 Å². The first-order valence-corrected chi connectivity index (χ1v) is 12.4. The quantitative estimate of drug-likeness (QED) is 0.250. The summed E-state index contributed by atoms with van der Waals surface area (Å²) in [5.41, 5.74) is 17.9. The lowest BCUT2D eigenvalue weighted by molar-refractivity contribution is 1.39. The van der Waals surface area contributed by atoms with E-state index >= 15 is 0 Å². The van der Waals surface area contributed by atoms with E-state index in [2.05, 4.69) is 113 Å². The number of benzene rings is 4. The van der Waals surface area contributed by atoms with Gasteiger partial charge in [0.2, 0.25) is 0 Å². The SMILES string of the molecule is C=Cc1cccc(-c2c(C=C)c(C=C)c(-c3ccc(/C(C=C(C)C)=C/N)cc3)c3ccccc23)c1C=C. The van der Waals surface area contributed by atoms with E-state index in [1.165, 1.54) is 5.57 Å². The first-order chi connectivity index (χ1) is 18.0. The van der Waals surface area contributed by atoms with Crippen molar-refractivity contribution >= 4 is 40.6 Å². The van der Waals surface area contributed by atoms with Crippen molar-refractivity contribution in [2.24, 2.45) is 5.73 Å². The lowest BCUT2D eigenvalue weighted by Crippen LogP contribution is -1.98. The van der Waals surface area contributed by atoms with Gasteiger partial charge in [0.25, 0.3) is 0 Å². The Morgan fingerprint density at radius 1 is 0.649 bits per heavy atom. The van der Waals surface area contributed by atoms with Gasteiger partial charge in [0.05, 0.1) is 0 Å². The molecule has 0 fully saturated rings. The van der Waals surface area contributed by atoms with Crippen LogP contribution in [0.5, 0.6) is 0 Å². The second-order valence-electron chi connectivity index (χ2n) is 9.17. The Balaban J connectivity index is 2.07. The number of hydrogen-bond acceptors (Lipinski definition) is 1. The molecule has 0 spiro atoms. The molecule has 0 aromatic heterocycles. The number of allylic oxidation sites excluding steroid dienone is 3. The number of rotatable bonds is 8. The van der Waals surface area contributed by atoms with E-state index in [0.29, 0.717) is 0 Å². The van der Waals surface area contributed by atoms with Crippen molar-refractivity contribution in [3.8, 4) is 22.3 Å².